The Labute approximate surface area is 165 Å². The van der Waals surface area contributed by atoms with Crippen LogP contribution in [0.2, 0.25) is 0 Å². The predicted octanol–water partition coefficient (Wildman–Crippen LogP) is 0.426. The van der Waals surface area contributed by atoms with Gasteiger partial charge in [0.1, 0.15) is 6.04 Å². The van der Waals surface area contributed by atoms with Crippen molar-refractivity contribution in [2.24, 2.45) is 5.73 Å². The van der Waals surface area contributed by atoms with E-state index >= 15 is 0 Å². The molecule has 0 unspecified atom stereocenters. The zero-order valence-corrected chi connectivity index (χ0v) is 15.9. The first-order valence-corrected chi connectivity index (χ1v) is 9.59. The molecule has 0 bridgehead atoms. The van der Waals surface area contributed by atoms with E-state index in [1.54, 1.807) is 6.26 Å². The van der Waals surface area contributed by atoms with Crippen LogP contribution in [0.15, 0.2) is 18.2 Å². The average Bonchev–Trinajstić information content (AvgIpc) is 2.64. The third kappa shape index (κ3) is 7.45. The summed E-state index contributed by atoms with van der Waals surface area (Å²) < 4.78 is 5.06. The number of benzene rings is 1. The molecule has 10 nitrogen and oxygen atoms in total. The Bertz CT molecular complexity index is 740. The number of hydrogen-bond acceptors (Lipinski definition) is 8. The Hall–Kier alpha value is -2.79. The number of carboxylic acid groups (broad SMARTS) is 2. The van der Waals surface area contributed by atoms with Crippen molar-refractivity contribution in [1.82, 2.24) is 5.32 Å². The van der Waals surface area contributed by atoms with Crippen LogP contribution in [-0.2, 0) is 14.4 Å². The molecule has 0 saturated heterocycles. The second-order valence-electron chi connectivity index (χ2n) is 5.79. The molecular formula is C17H22N2O8S. The summed E-state index contributed by atoms with van der Waals surface area (Å²) in [4.78, 5) is 46.2. The molecule has 0 aliphatic heterocycles. The molecule has 0 fully saturated rings. The van der Waals surface area contributed by atoms with Gasteiger partial charge >= 0.3 is 17.9 Å². The van der Waals surface area contributed by atoms with E-state index in [-0.39, 0.29) is 30.6 Å². The first-order chi connectivity index (χ1) is 13.1. The van der Waals surface area contributed by atoms with Crippen molar-refractivity contribution in [3.8, 4) is 11.5 Å². The quantitative estimate of drug-likeness (QED) is 0.252. The molecule has 1 aromatic carbocycles. The number of carboxylic acids is 2. The third-order valence-electron chi connectivity index (χ3n) is 3.63. The van der Waals surface area contributed by atoms with Gasteiger partial charge in [0, 0.05) is 6.42 Å². The van der Waals surface area contributed by atoms with Gasteiger partial charge in [0.2, 0.25) is 5.91 Å². The fourth-order valence-corrected chi connectivity index (χ4v) is 2.55. The van der Waals surface area contributed by atoms with Crippen molar-refractivity contribution in [3.05, 3.63) is 23.8 Å². The van der Waals surface area contributed by atoms with Crippen molar-refractivity contribution < 1.29 is 39.2 Å². The van der Waals surface area contributed by atoms with Crippen LogP contribution in [0.1, 0.15) is 29.6 Å². The number of amides is 1. The van der Waals surface area contributed by atoms with Gasteiger partial charge in [0.05, 0.1) is 11.6 Å². The molecule has 0 radical (unpaired) electrons. The van der Waals surface area contributed by atoms with Gasteiger partial charge in [-0.05, 0) is 43.0 Å². The molecule has 2 atom stereocenters. The van der Waals surface area contributed by atoms with Gasteiger partial charge in [0.15, 0.2) is 11.5 Å². The lowest BCUT2D eigenvalue weighted by Gasteiger charge is -2.20. The van der Waals surface area contributed by atoms with Crippen LogP contribution in [0.25, 0.3) is 0 Å². The Morgan fingerprint density at radius 2 is 1.89 bits per heavy atom. The molecule has 154 valence electrons. The summed E-state index contributed by atoms with van der Waals surface area (Å²) in [6.45, 7) is 0. The van der Waals surface area contributed by atoms with Crippen LogP contribution in [0.4, 0.5) is 0 Å². The lowest BCUT2D eigenvalue weighted by Crippen LogP contribution is -2.49. The van der Waals surface area contributed by atoms with Crippen LogP contribution < -0.4 is 15.8 Å². The fourth-order valence-electron chi connectivity index (χ4n) is 2.08. The highest BCUT2D eigenvalue weighted by molar-refractivity contribution is 7.98. The summed E-state index contributed by atoms with van der Waals surface area (Å²) in [5, 5.41) is 29.8. The summed E-state index contributed by atoms with van der Waals surface area (Å²) >= 11 is 1.42. The number of rotatable bonds is 11. The number of esters is 1. The Morgan fingerprint density at radius 3 is 2.46 bits per heavy atom. The molecule has 0 aromatic heterocycles. The van der Waals surface area contributed by atoms with Gasteiger partial charge in [0.25, 0.3) is 0 Å². The van der Waals surface area contributed by atoms with Gasteiger partial charge in [-0.2, -0.15) is 11.8 Å². The lowest BCUT2D eigenvalue weighted by molar-refractivity contribution is -0.140. The van der Waals surface area contributed by atoms with Crippen LogP contribution >= 0.6 is 11.8 Å². The number of nitrogens with one attached hydrogen (secondary N) is 1. The third-order valence-corrected chi connectivity index (χ3v) is 4.28. The van der Waals surface area contributed by atoms with Crippen molar-refractivity contribution >= 4 is 35.6 Å². The minimum atomic E-state index is -1.27. The lowest BCUT2D eigenvalue weighted by atomic mass is 10.1. The number of aromatic carboxylic acids is 1. The van der Waals surface area contributed by atoms with Gasteiger partial charge in [-0.1, -0.05) is 0 Å². The summed E-state index contributed by atoms with van der Waals surface area (Å²) in [5.41, 5.74) is 5.44. The second kappa shape index (κ2) is 11.1. The molecule has 11 heteroatoms. The zero-order valence-electron chi connectivity index (χ0n) is 15.1. The van der Waals surface area contributed by atoms with Crippen molar-refractivity contribution in [2.75, 3.05) is 12.0 Å². The molecule has 1 rings (SSSR count). The molecule has 0 aliphatic carbocycles. The summed E-state index contributed by atoms with van der Waals surface area (Å²) in [7, 11) is 0. The number of ether oxygens (including phenoxy) is 1. The SMILES string of the molecule is CSCC[C@H](NC(=O)[C@@H](N)CCC(=O)O)C(=O)Oc1cc(C(=O)O)ccc1O. The number of nitrogens with two attached hydrogens (primary N) is 1. The van der Waals surface area contributed by atoms with E-state index in [4.69, 9.17) is 20.7 Å². The van der Waals surface area contributed by atoms with Crippen LogP contribution in [0, 0.1) is 0 Å². The summed E-state index contributed by atoms with van der Waals surface area (Å²) in [5.74, 6) is -4.30. The van der Waals surface area contributed by atoms with E-state index in [1.807, 2.05) is 0 Å². The minimum Gasteiger partial charge on any atom is -0.504 e. The van der Waals surface area contributed by atoms with E-state index in [0.29, 0.717) is 5.75 Å². The van der Waals surface area contributed by atoms with E-state index in [0.717, 1.165) is 18.2 Å². The van der Waals surface area contributed by atoms with Crippen molar-refractivity contribution in [3.63, 3.8) is 0 Å². The highest BCUT2D eigenvalue weighted by atomic mass is 32.2. The molecule has 28 heavy (non-hydrogen) atoms. The molecule has 0 saturated carbocycles. The van der Waals surface area contributed by atoms with Gasteiger partial charge in [-0.3, -0.25) is 9.59 Å². The maximum absolute atomic E-state index is 12.4. The van der Waals surface area contributed by atoms with Gasteiger partial charge in [-0.25, -0.2) is 9.59 Å². The molecule has 0 spiro atoms. The Balaban J connectivity index is 2.87. The molecule has 1 aromatic rings. The molecular weight excluding hydrogens is 392 g/mol. The number of carbonyl (C=O) groups excluding carboxylic acids is 2. The van der Waals surface area contributed by atoms with Gasteiger partial charge in [-0.15, -0.1) is 0 Å². The average molecular weight is 414 g/mol. The molecule has 0 aliphatic rings. The highest BCUT2D eigenvalue weighted by Crippen LogP contribution is 2.27. The number of aromatic hydroxyl groups is 1. The fraction of sp³-hybridized carbons (Fsp3) is 0.412. The number of carbonyl (C=O) groups is 4. The van der Waals surface area contributed by atoms with Crippen molar-refractivity contribution in [2.45, 2.75) is 31.3 Å². The monoisotopic (exact) mass is 414 g/mol. The smallest absolute Gasteiger partial charge is 0.335 e. The number of phenols is 1. The maximum atomic E-state index is 12.4. The van der Waals surface area contributed by atoms with Crippen molar-refractivity contribution in [1.29, 1.82) is 0 Å². The van der Waals surface area contributed by atoms with Crippen LogP contribution in [0.3, 0.4) is 0 Å². The Morgan fingerprint density at radius 1 is 1.21 bits per heavy atom. The van der Waals surface area contributed by atoms with Crippen LogP contribution in [0.5, 0.6) is 11.5 Å². The predicted molar refractivity (Wildman–Crippen MR) is 100 cm³/mol. The number of phenolic OH excluding ortho intramolecular Hbond substituents is 1. The molecule has 1 amide bonds. The standard InChI is InChI=1S/C17H22N2O8S/c1-28-7-6-11(19-15(23)10(18)3-5-14(21)22)17(26)27-13-8-9(16(24)25)2-4-12(13)20/h2,4,8,10-11,20H,3,5-7,18H2,1H3,(H,19,23)(H,21,22)(H,24,25)/t10-,11-/m0/s1. The minimum absolute atomic E-state index is 0.104. The number of hydrogen-bond donors (Lipinski definition) is 5. The zero-order chi connectivity index (χ0) is 21.3. The highest BCUT2D eigenvalue weighted by Gasteiger charge is 2.26. The topological polar surface area (TPSA) is 176 Å². The second-order valence-corrected chi connectivity index (χ2v) is 6.78. The van der Waals surface area contributed by atoms with Crippen LogP contribution in [-0.4, -0.2) is 63.2 Å². The number of thioether (sulfide) groups is 1. The maximum Gasteiger partial charge on any atom is 0.335 e. The van der Waals surface area contributed by atoms with Gasteiger partial charge < -0.3 is 31.1 Å². The first-order valence-electron chi connectivity index (χ1n) is 8.20. The first kappa shape index (κ1) is 23.2. The van der Waals surface area contributed by atoms with E-state index in [2.05, 4.69) is 5.32 Å². The van der Waals surface area contributed by atoms with E-state index in [9.17, 15) is 24.3 Å². The largest absolute Gasteiger partial charge is 0.504 e. The van der Waals surface area contributed by atoms with E-state index in [1.165, 1.54) is 11.8 Å². The summed E-state index contributed by atoms with van der Waals surface area (Å²) in [6.07, 6.45) is 1.58. The molecule has 0 heterocycles. The normalized spacial score (nSPS) is 12.6. The number of aliphatic carboxylic acids is 1. The molecule has 6 N–H and O–H groups in total. The summed E-state index contributed by atoms with van der Waals surface area (Å²) in [6, 6.07) is 0.974. The van der Waals surface area contributed by atoms with E-state index < -0.39 is 41.6 Å². The Kier molecular flexibility index (Phi) is 9.25.